The van der Waals surface area contributed by atoms with Crippen molar-refractivity contribution >= 4 is 0 Å². The summed E-state index contributed by atoms with van der Waals surface area (Å²) in [6, 6.07) is 0. The SMILES string of the molecule is CCNC/C=C\CNCCCCNCCCCNC/C=C\CNCC. The van der Waals surface area contributed by atoms with Gasteiger partial charge in [-0.3, -0.25) is 0 Å². The first kappa shape index (κ1) is 24.3. The Kier molecular flexibility index (Phi) is 22.6. The minimum atomic E-state index is 0.977. The number of rotatable bonds is 20. The van der Waals surface area contributed by atoms with Crippen molar-refractivity contribution in [3.05, 3.63) is 24.3 Å². The highest BCUT2D eigenvalue weighted by Crippen LogP contribution is 1.88. The Labute approximate surface area is 156 Å². The average molecular weight is 354 g/mol. The highest BCUT2D eigenvalue weighted by atomic mass is 14.9. The van der Waals surface area contributed by atoms with Gasteiger partial charge in [0.2, 0.25) is 0 Å². The fourth-order valence-electron chi connectivity index (χ4n) is 2.28. The second-order valence-corrected chi connectivity index (χ2v) is 6.13. The van der Waals surface area contributed by atoms with E-state index in [1.165, 1.54) is 25.7 Å². The summed E-state index contributed by atoms with van der Waals surface area (Å²) in [5.41, 5.74) is 0. The second kappa shape index (κ2) is 23.3. The molecule has 0 rings (SSSR count). The van der Waals surface area contributed by atoms with E-state index in [2.05, 4.69) is 64.7 Å². The van der Waals surface area contributed by atoms with E-state index in [4.69, 9.17) is 0 Å². The molecule has 0 aromatic rings. The van der Waals surface area contributed by atoms with Gasteiger partial charge >= 0.3 is 0 Å². The molecule has 0 heterocycles. The molecule has 0 aliphatic heterocycles. The highest BCUT2D eigenvalue weighted by molar-refractivity contribution is 4.86. The van der Waals surface area contributed by atoms with Crippen LogP contribution in [0.5, 0.6) is 0 Å². The summed E-state index contributed by atoms with van der Waals surface area (Å²) in [6.45, 7) is 14.7. The van der Waals surface area contributed by atoms with Crippen LogP contribution in [0.4, 0.5) is 0 Å². The first-order valence-electron chi connectivity index (χ1n) is 10.2. The molecule has 0 aromatic heterocycles. The highest BCUT2D eigenvalue weighted by Gasteiger charge is 1.91. The van der Waals surface area contributed by atoms with Crippen molar-refractivity contribution in [2.24, 2.45) is 0 Å². The molecule has 0 aliphatic carbocycles. The number of nitrogens with one attached hydrogen (secondary N) is 5. The van der Waals surface area contributed by atoms with E-state index >= 15 is 0 Å². The summed E-state index contributed by atoms with van der Waals surface area (Å²) >= 11 is 0. The lowest BCUT2D eigenvalue weighted by molar-refractivity contribution is 0.565. The minimum absolute atomic E-state index is 0.977. The maximum Gasteiger partial charge on any atom is 0.0135 e. The first-order chi connectivity index (χ1) is 12.4. The van der Waals surface area contributed by atoms with Crippen LogP contribution in [-0.4, -0.2) is 65.4 Å². The Bertz CT molecular complexity index is 264. The van der Waals surface area contributed by atoms with Crippen LogP contribution in [0.1, 0.15) is 39.5 Å². The zero-order valence-electron chi connectivity index (χ0n) is 16.7. The zero-order chi connectivity index (χ0) is 18.3. The van der Waals surface area contributed by atoms with Crippen molar-refractivity contribution in [1.82, 2.24) is 26.6 Å². The molecule has 5 nitrogen and oxygen atoms in total. The Balaban J connectivity index is 3.05. The van der Waals surface area contributed by atoms with Crippen molar-refractivity contribution in [2.75, 3.05) is 65.4 Å². The van der Waals surface area contributed by atoms with Crippen LogP contribution in [0.2, 0.25) is 0 Å². The molecule has 0 aliphatic rings. The van der Waals surface area contributed by atoms with E-state index in [9.17, 15) is 0 Å². The van der Waals surface area contributed by atoms with Crippen molar-refractivity contribution in [3.8, 4) is 0 Å². The van der Waals surface area contributed by atoms with Crippen molar-refractivity contribution in [1.29, 1.82) is 0 Å². The van der Waals surface area contributed by atoms with Crippen LogP contribution < -0.4 is 26.6 Å². The van der Waals surface area contributed by atoms with E-state index in [0.717, 1.165) is 65.4 Å². The fourth-order valence-corrected chi connectivity index (χ4v) is 2.28. The van der Waals surface area contributed by atoms with Gasteiger partial charge in [0.25, 0.3) is 0 Å². The van der Waals surface area contributed by atoms with Crippen LogP contribution in [0.25, 0.3) is 0 Å². The predicted octanol–water partition coefficient (Wildman–Crippen LogP) is 1.65. The summed E-state index contributed by atoms with van der Waals surface area (Å²) in [5.74, 6) is 0. The van der Waals surface area contributed by atoms with Crippen molar-refractivity contribution in [3.63, 3.8) is 0 Å². The fraction of sp³-hybridized carbons (Fsp3) is 0.800. The number of unbranched alkanes of at least 4 members (excludes halogenated alkanes) is 2. The molecule has 0 bridgehead atoms. The van der Waals surface area contributed by atoms with Gasteiger partial charge in [-0.15, -0.1) is 0 Å². The molecule has 5 heteroatoms. The van der Waals surface area contributed by atoms with Crippen molar-refractivity contribution < 1.29 is 0 Å². The smallest absolute Gasteiger partial charge is 0.0135 e. The largest absolute Gasteiger partial charge is 0.317 e. The molecule has 0 amide bonds. The molecule has 0 unspecified atom stereocenters. The normalized spacial score (nSPS) is 11.9. The van der Waals surface area contributed by atoms with Crippen LogP contribution in [0, 0.1) is 0 Å². The first-order valence-corrected chi connectivity index (χ1v) is 10.2. The third-order valence-corrected chi connectivity index (χ3v) is 3.80. The van der Waals surface area contributed by atoms with Gasteiger partial charge in [0.15, 0.2) is 0 Å². The zero-order valence-corrected chi connectivity index (χ0v) is 16.7. The van der Waals surface area contributed by atoms with E-state index in [0.29, 0.717) is 0 Å². The van der Waals surface area contributed by atoms with Crippen LogP contribution in [-0.2, 0) is 0 Å². The van der Waals surface area contributed by atoms with E-state index in [1.54, 1.807) is 0 Å². The lowest BCUT2D eigenvalue weighted by Gasteiger charge is -2.06. The average Bonchev–Trinajstić information content (AvgIpc) is 2.63. The monoisotopic (exact) mass is 353 g/mol. The van der Waals surface area contributed by atoms with Gasteiger partial charge in [-0.25, -0.2) is 0 Å². The summed E-state index contributed by atoms with van der Waals surface area (Å²) in [6.07, 6.45) is 13.8. The molecule has 0 saturated heterocycles. The van der Waals surface area contributed by atoms with Crippen LogP contribution in [0.15, 0.2) is 24.3 Å². The number of likely N-dealkylation sites (N-methyl/N-ethyl adjacent to an activating group) is 2. The second-order valence-electron chi connectivity index (χ2n) is 6.13. The third-order valence-electron chi connectivity index (χ3n) is 3.80. The Morgan fingerprint density at radius 2 is 0.760 bits per heavy atom. The molecule has 5 N–H and O–H groups in total. The van der Waals surface area contributed by atoms with E-state index in [1.807, 2.05) is 0 Å². The molecule has 0 radical (unpaired) electrons. The summed E-state index contributed by atoms with van der Waals surface area (Å²) in [4.78, 5) is 0. The van der Waals surface area contributed by atoms with Gasteiger partial charge in [-0.2, -0.15) is 0 Å². The molecule has 0 aromatic carbocycles. The lowest BCUT2D eigenvalue weighted by atomic mass is 10.2. The van der Waals surface area contributed by atoms with Gasteiger partial charge in [-0.05, 0) is 65.0 Å². The molecular formula is C20H43N5. The molecule has 148 valence electrons. The third kappa shape index (κ3) is 23.3. The number of hydrogen-bond donors (Lipinski definition) is 5. The van der Waals surface area contributed by atoms with Gasteiger partial charge in [0, 0.05) is 26.2 Å². The predicted molar refractivity (Wildman–Crippen MR) is 112 cm³/mol. The molecule has 0 spiro atoms. The maximum atomic E-state index is 3.54. The lowest BCUT2D eigenvalue weighted by Crippen LogP contribution is -2.21. The molecule has 0 saturated carbocycles. The quantitative estimate of drug-likeness (QED) is 0.170. The van der Waals surface area contributed by atoms with Gasteiger partial charge < -0.3 is 26.6 Å². The van der Waals surface area contributed by atoms with Crippen LogP contribution >= 0.6 is 0 Å². The van der Waals surface area contributed by atoms with Crippen molar-refractivity contribution in [2.45, 2.75) is 39.5 Å². The van der Waals surface area contributed by atoms with E-state index < -0.39 is 0 Å². The summed E-state index contributed by atoms with van der Waals surface area (Å²) < 4.78 is 0. The van der Waals surface area contributed by atoms with Gasteiger partial charge in [0.05, 0.1) is 0 Å². The standard InChI is InChI=1S/C20H43N5/c1-3-21-13-5-7-15-23-17-9-11-19-25-20-12-10-18-24-16-8-6-14-22-4-2/h5-8,21-25H,3-4,9-20H2,1-2H3/b7-5-,8-6-. The Hall–Kier alpha value is -0.720. The minimum Gasteiger partial charge on any atom is -0.317 e. The topological polar surface area (TPSA) is 60.1 Å². The summed E-state index contributed by atoms with van der Waals surface area (Å²) in [5, 5.41) is 17.0. The molecular weight excluding hydrogens is 310 g/mol. The van der Waals surface area contributed by atoms with Crippen LogP contribution in [0.3, 0.4) is 0 Å². The molecule has 0 fully saturated rings. The number of hydrogen-bond acceptors (Lipinski definition) is 5. The van der Waals surface area contributed by atoms with E-state index in [-0.39, 0.29) is 0 Å². The van der Waals surface area contributed by atoms with Gasteiger partial charge in [0.1, 0.15) is 0 Å². The maximum absolute atomic E-state index is 3.54. The Morgan fingerprint density at radius 1 is 0.440 bits per heavy atom. The van der Waals surface area contributed by atoms with Gasteiger partial charge in [-0.1, -0.05) is 38.2 Å². The Morgan fingerprint density at radius 3 is 1.12 bits per heavy atom. The summed E-state index contributed by atoms with van der Waals surface area (Å²) in [7, 11) is 0. The molecule has 25 heavy (non-hydrogen) atoms. The molecule has 0 atom stereocenters.